The van der Waals surface area contributed by atoms with E-state index >= 15 is 0 Å². The highest BCUT2D eigenvalue weighted by molar-refractivity contribution is 5.97. The number of nitrogens with one attached hydrogen (secondary N) is 2. The number of carbonyl (C=O) groups excluding carboxylic acids is 2. The summed E-state index contributed by atoms with van der Waals surface area (Å²) in [5.41, 5.74) is 1.97. The van der Waals surface area contributed by atoms with Gasteiger partial charge in [-0.1, -0.05) is 32.9 Å². The van der Waals surface area contributed by atoms with Gasteiger partial charge in [0.1, 0.15) is 6.04 Å². The first kappa shape index (κ1) is 15.2. The van der Waals surface area contributed by atoms with E-state index in [1.807, 2.05) is 38.1 Å². The summed E-state index contributed by atoms with van der Waals surface area (Å²) >= 11 is 0. The van der Waals surface area contributed by atoms with Gasteiger partial charge in [0.05, 0.1) is 0 Å². The first-order valence-electron chi connectivity index (χ1n) is 6.61. The van der Waals surface area contributed by atoms with Crippen molar-refractivity contribution < 1.29 is 9.59 Å². The average molecular weight is 262 g/mol. The highest BCUT2D eigenvalue weighted by atomic mass is 16.2. The van der Waals surface area contributed by atoms with Crippen LogP contribution in [0.2, 0.25) is 0 Å². The molecule has 1 atom stereocenters. The zero-order chi connectivity index (χ0) is 14.4. The van der Waals surface area contributed by atoms with Crippen molar-refractivity contribution in [3.63, 3.8) is 0 Å². The predicted octanol–water partition coefficient (Wildman–Crippen LogP) is 2.35. The summed E-state index contributed by atoms with van der Waals surface area (Å²) in [6.45, 7) is 7.30. The molecular formula is C15H22N2O2. The Labute approximate surface area is 114 Å². The Morgan fingerprint density at radius 1 is 1.16 bits per heavy atom. The lowest BCUT2D eigenvalue weighted by Gasteiger charge is -2.21. The fraction of sp³-hybridized carbons (Fsp3) is 0.467. The number of hydrogen-bond acceptors (Lipinski definition) is 2. The van der Waals surface area contributed by atoms with Crippen molar-refractivity contribution in [1.82, 2.24) is 5.32 Å². The molecule has 2 N–H and O–H groups in total. The SMILES string of the molecule is CCc1ccc(NC(=O)[C@H](NC(C)=O)C(C)C)cc1. The van der Waals surface area contributed by atoms with Gasteiger partial charge in [-0.05, 0) is 30.0 Å². The molecule has 1 aromatic carbocycles. The Hall–Kier alpha value is -1.84. The molecule has 0 fully saturated rings. The fourth-order valence-electron chi connectivity index (χ4n) is 1.80. The molecule has 0 radical (unpaired) electrons. The molecule has 1 aromatic rings. The van der Waals surface area contributed by atoms with Gasteiger partial charge >= 0.3 is 0 Å². The molecule has 0 saturated carbocycles. The second kappa shape index (κ2) is 6.92. The third kappa shape index (κ3) is 4.73. The molecule has 0 heterocycles. The van der Waals surface area contributed by atoms with Gasteiger partial charge in [0, 0.05) is 12.6 Å². The van der Waals surface area contributed by atoms with Crippen LogP contribution in [0, 0.1) is 5.92 Å². The summed E-state index contributed by atoms with van der Waals surface area (Å²) in [4.78, 5) is 23.2. The lowest BCUT2D eigenvalue weighted by Crippen LogP contribution is -2.46. The van der Waals surface area contributed by atoms with Crippen molar-refractivity contribution in [2.45, 2.75) is 40.2 Å². The van der Waals surface area contributed by atoms with Crippen LogP contribution in [0.5, 0.6) is 0 Å². The Morgan fingerprint density at radius 2 is 1.74 bits per heavy atom. The molecule has 4 nitrogen and oxygen atoms in total. The summed E-state index contributed by atoms with van der Waals surface area (Å²) < 4.78 is 0. The number of carbonyl (C=O) groups is 2. The molecule has 0 aliphatic carbocycles. The Balaban J connectivity index is 2.72. The van der Waals surface area contributed by atoms with E-state index in [1.165, 1.54) is 12.5 Å². The molecule has 4 heteroatoms. The van der Waals surface area contributed by atoms with Crippen LogP contribution in [0.1, 0.15) is 33.3 Å². The van der Waals surface area contributed by atoms with E-state index in [1.54, 1.807) is 0 Å². The second-order valence-corrected chi connectivity index (χ2v) is 4.96. The summed E-state index contributed by atoms with van der Waals surface area (Å²) in [5, 5.41) is 5.50. The predicted molar refractivity (Wildman–Crippen MR) is 76.9 cm³/mol. The molecule has 0 unspecified atom stereocenters. The summed E-state index contributed by atoms with van der Waals surface area (Å²) in [6.07, 6.45) is 0.967. The van der Waals surface area contributed by atoms with Crippen molar-refractivity contribution in [3.05, 3.63) is 29.8 Å². The Kier molecular flexibility index (Phi) is 5.55. The van der Waals surface area contributed by atoms with Crippen LogP contribution in [0.15, 0.2) is 24.3 Å². The minimum atomic E-state index is -0.511. The Morgan fingerprint density at radius 3 is 2.16 bits per heavy atom. The summed E-state index contributed by atoms with van der Waals surface area (Å²) in [6, 6.07) is 7.21. The lowest BCUT2D eigenvalue weighted by atomic mass is 10.0. The van der Waals surface area contributed by atoms with Crippen molar-refractivity contribution in [2.24, 2.45) is 5.92 Å². The Bertz CT molecular complexity index is 438. The van der Waals surface area contributed by atoms with E-state index in [9.17, 15) is 9.59 Å². The summed E-state index contributed by atoms with van der Waals surface area (Å²) in [5.74, 6) is -0.344. The van der Waals surface area contributed by atoms with Gasteiger partial charge in [-0.25, -0.2) is 0 Å². The van der Waals surface area contributed by atoms with Gasteiger partial charge in [-0.2, -0.15) is 0 Å². The molecule has 0 spiro atoms. The molecule has 104 valence electrons. The van der Waals surface area contributed by atoms with E-state index in [2.05, 4.69) is 17.6 Å². The molecule has 1 rings (SSSR count). The van der Waals surface area contributed by atoms with Crippen molar-refractivity contribution in [1.29, 1.82) is 0 Å². The van der Waals surface area contributed by atoms with E-state index < -0.39 is 6.04 Å². The number of anilines is 1. The van der Waals surface area contributed by atoms with E-state index in [0.29, 0.717) is 0 Å². The second-order valence-electron chi connectivity index (χ2n) is 4.96. The van der Waals surface area contributed by atoms with Gasteiger partial charge in [-0.3, -0.25) is 9.59 Å². The highest BCUT2D eigenvalue weighted by Crippen LogP contribution is 2.12. The quantitative estimate of drug-likeness (QED) is 0.855. The number of hydrogen-bond donors (Lipinski definition) is 2. The van der Waals surface area contributed by atoms with Crippen LogP contribution in [0.25, 0.3) is 0 Å². The number of benzene rings is 1. The van der Waals surface area contributed by atoms with E-state index in [4.69, 9.17) is 0 Å². The van der Waals surface area contributed by atoms with Gasteiger partial charge < -0.3 is 10.6 Å². The molecule has 0 aromatic heterocycles. The van der Waals surface area contributed by atoms with Crippen molar-refractivity contribution >= 4 is 17.5 Å². The zero-order valence-corrected chi connectivity index (χ0v) is 12.0. The van der Waals surface area contributed by atoms with Gasteiger partial charge in [0.15, 0.2) is 0 Å². The molecular weight excluding hydrogens is 240 g/mol. The molecule has 0 aliphatic rings. The average Bonchev–Trinajstić information content (AvgIpc) is 2.36. The monoisotopic (exact) mass is 262 g/mol. The minimum absolute atomic E-state index is 0.0406. The third-order valence-electron chi connectivity index (χ3n) is 2.94. The number of rotatable bonds is 5. The lowest BCUT2D eigenvalue weighted by molar-refractivity contribution is -0.126. The maximum atomic E-state index is 12.1. The van der Waals surface area contributed by atoms with Crippen molar-refractivity contribution in [2.75, 3.05) is 5.32 Å². The van der Waals surface area contributed by atoms with E-state index in [-0.39, 0.29) is 17.7 Å². The third-order valence-corrected chi connectivity index (χ3v) is 2.94. The van der Waals surface area contributed by atoms with Crippen LogP contribution < -0.4 is 10.6 Å². The van der Waals surface area contributed by atoms with Crippen molar-refractivity contribution in [3.8, 4) is 0 Å². The van der Waals surface area contributed by atoms with Crippen LogP contribution in [-0.2, 0) is 16.0 Å². The zero-order valence-electron chi connectivity index (χ0n) is 12.0. The molecule has 0 bridgehead atoms. The van der Waals surface area contributed by atoms with Crippen LogP contribution in [0.4, 0.5) is 5.69 Å². The maximum Gasteiger partial charge on any atom is 0.247 e. The number of aryl methyl sites for hydroxylation is 1. The maximum absolute atomic E-state index is 12.1. The smallest absolute Gasteiger partial charge is 0.247 e. The van der Waals surface area contributed by atoms with Crippen LogP contribution in [0.3, 0.4) is 0 Å². The standard InChI is InChI=1S/C15H22N2O2/c1-5-12-6-8-13(9-7-12)17-15(19)14(10(2)3)16-11(4)18/h6-10,14H,5H2,1-4H3,(H,16,18)(H,17,19)/t14-/m1/s1. The normalized spacial score (nSPS) is 12.1. The fourth-order valence-corrected chi connectivity index (χ4v) is 1.80. The molecule has 0 aliphatic heterocycles. The first-order chi connectivity index (χ1) is 8.93. The highest BCUT2D eigenvalue weighted by Gasteiger charge is 2.22. The molecule has 0 saturated heterocycles. The number of amides is 2. The topological polar surface area (TPSA) is 58.2 Å². The first-order valence-corrected chi connectivity index (χ1v) is 6.61. The van der Waals surface area contributed by atoms with Crippen LogP contribution in [-0.4, -0.2) is 17.9 Å². The minimum Gasteiger partial charge on any atom is -0.344 e. The summed E-state index contributed by atoms with van der Waals surface area (Å²) in [7, 11) is 0. The molecule has 19 heavy (non-hydrogen) atoms. The van der Waals surface area contributed by atoms with Gasteiger partial charge in [0.25, 0.3) is 0 Å². The van der Waals surface area contributed by atoms with Gasteiger partial charge in [-0.15, -0.1) is 0 Å². The van der Waals surface area contributed by atoms with Crippen LogP contribution >= 0.6 is 0 Å². The van der Waals surface area contributed by atoms with E-state index in [0.717, 1.165) is 12.1 Å². The molecule has 2 amide bonds. The largest absolute Gasteiger partial charge is 0.344 e. The van der Waals surface area contributed by atoms with Gasteiger partial charge in [0.2, 0.25) is 11.8 Å².